The van der Waals surface area contributed by atoms with Crippen molar-refractivity contribution in [3.05, 3.63) is 0 Å². The Labute approximate surface area is 103 Å². The quantitative estimate of drug-likeness (QED) is 0.540. The highest BCUT2D eigenvalue weighted by atomic mass is 32.2. The van der Waals surface area contributed by atoms with Crippen LogP contribution in [0.1, 0.15) is 6.42 Å². The first-order valence-corrected chi connectivity index (χ1v) is 8.79. The van der Waals surface area contributed by atoms with Crippen LogP contribution >= 0.6 is 0 Å². The van der Waals surface area contributed by atoms with Gasteiger partial charge in [-0.15, -0.1) is 0 Å². The Morgan fingerprint density at radius 3 is 2.12 bits per heavy atom. The van der Waals surface area contributed by atoms with Gasteiger partial charge in [0, 0.05) is 33.4 Å². The average molecular weight is 288 g/mol. The van der Waals surface area contributed by atoms with Crippen LogP contribution in [-0.4, -0.2) is 67.0 Å². The lowest BCUT2D eigenvalue weighted by Gasteiger charge is -2.19. The monoisotopic (exact) mass is 288 g/mol. The molecule has 0 spiro atoms. The number of nitrogens with one attached hydrogen (secondary N) is 1. The maximum Gasteiger partial charge on any atom is 0.211 e. The highest BCUT2D eigenvalue weighted by molar-refractivity contribution is 7.88. The maximum absolute atomic E-state index is 11.4. The Bertz CT molecular complexity index is 404. The summed E-state index contributed by atoms with van der Waals surface area (Å²) in [5.74, 6) is 0. The highest BCUT2D eigenvalue weighted by Gasteiger charge is 2.16. The van der Waals surface area contributed by atoms with Crippen LogP contribution in [0.3, 0.4) is 0 Å². The van der Waals surface area contributed by atoms with Crippen LogP contribution in [0.4, 0.5) is 0 Å². The number of hydrogen-bond donors (Lipinski definition) is 1. The van der Waals surface area contributed by atoms with Gasteiger partial charge in [-0.25, -0.2) is 25.9 Å². The van der Waals surface area contributed by atoms with Gasteiger partial charge >= 0.3 is 0 Å². The summed E-state index contributed by atoms with van der Waals surface area (Å²) >= 11 is 0. The van der Waals surface area contributed by atoms with E-state index in [-0.39, 0.29) is 13.1 Å². The smallest absolute Gasteiger partial charge is 0.211 e. The molecule has 0 bridgehead atoms. The predicted molar refractivity (Wildman–Crippen MR) is 65.8 cm³/mol. The van der Waals surface area contributed by atoms with Crippen molar-refractivity contribution >= 4 is 20.0 Å². The van der Waals surface area contributed by atoms with E-state index in [0.717, 1.165) is 12.5 Å². The van der Waals surface area contributed by atoms with Gasteiger partial charge in [0.2, 0.25) is 20.0 Å². The summed E-state index contributed by atoms with van der Waals surface area (Å²) in [7, 11) is -5.07. The normalized spacial score (nSPS) is 13.2. The number of hydrogen-bond acceptors (Lipinski definition) is 5. The van der Waals surface area contributed by atoms with Crippen LogP contribution in [0, 0.1) is 0 Å². The molecule has 0 atom stereocenters. The first-order valence-electron chi connectivity index (χ1n) is 5.05. The molecule has 0 amide bonds. The van der Waals surface area contributed by atoms with Gasteiger partial charge in [-0.2, -0.15) is 0 Å². The lowest BCUT2D eigenvalue weighted by molar-refractivity contribution is 0.187. The highest BCUT2D eigenvalue weighted by Crippen LogP contribution is 1.99. The van der Waals surface area contributed by atoms with E-state index in [4.69, 9.17) is 4.74 Å². The summed E-state index contributed by atoms with van der Waals surface area (Å²) in [6.07, 6.45) is 2.70. The van der Waals surface area contributed by atoms with E-state index < -0.39 is 20.0 Å². The molecule has 0 unspecified atom stereocenters. The SMILES string of the molecule is COCCCN(CCNS(C)(=O)=O)S(C)(=O)=O. The summed E-state index contributed by atoms with van der Waals surface area (Å²) < 4.78 is 52.7. The van der Waals surface area contributed by atoms with Crippen LogP contribution in [0.25, 0.3) is 0 Å². The third kappa shape index (κ3) is 9.48. The molecule has 0 aliphatic carbocycles. The second kappa shape index (κ2) is 7.27. The van der Waals surface area contributed by atoms with Gasteiger partial charge in [0.15, 0.2) is 0 Å². The van der Waals surface area contributed by atoms with Crippen LogP contribution in [0.2, 0.25) is 0 Å². The van der Waals surface area contributed by atoms with E-state index in [1.54, 1.807) is 0 Å². The van der Waals surface area contributed by atoms with E-state index in [0.29, 0.717) is 19.6 Å². The van der Waals surface area contributed by atoms with E-state index in [1.165, 1.54) is 11.4 Å². The van der Waals surface area contributed by atoms with E-state index >= 15 is 0 Å². The molecule has 0 aliphatic rings. The minimum Gasteiger partial charge on any atom is -0.385 e. The minimum atomic E-state index is -3.32. The maximum atomic E-state index is 11.4. The molecule has 1 N–H and O–H groups in total. The standard InChI is InChI=1S/C8H20N2O5S2/c1-15-8-4-6-10(17(3,13)14)7-5-9-16(2,11)12/h9H,4-8H2,1-3H3. The van der Waals surface area contributed by atoms with Crippen molar-refractivity contribution in [1.82, 2.24) is 9.03 Å². The molecule has 0 aromatic carbocycles. The van der Waals surface area contributed by atoms with Crippen molar-refractivity contribution in [1.29, 1.82) is 0 Å². The van der Waals surface area contributed by atoms with Gasteiger partial charge in [0.05, 0.1) is 12.5 Å². The third-order valence-electron chi connectivity index (χ3n) is 1.95. The van der Waals surface area contributed by atoms with E-state index in [9.17, 15) is 16.8 Å². The molecule has 0 heterocycles. The molecule has 9 heteroatoms. The Morgan fingerprint density at radius 1 is 1.12 bits per heavy atom. The summed E-state index contributed by atoms with van der Waals surface area (Å²) in [5, 5.41) is 0. The van der Waals surface area contributed by atoms with Crippen molar-refractivity contribution in [3.63, 3.8) is 0 Å². The molecule has 0 aromatic heterocycles. The summed E-state index contributed by atoms with van der Waals surface area (Å²) in [5.41, 5.74) is 0. The number of ether oxygens (including phenoxy) is 1. The summed E-state index contributed by atoms with van der Waals surface area (Å²) in [4.78, 5) is 0. The van der Waals surface area contributed by atoms with E-state index in [2.05, 4.69) is 4.72 Å². The lowest BCUT2D eigenvalue weighted by atomic mass is 10.4. The Hall–Kier alpha value is -0.220. The topological polar surface area (TPSA) is 92.8 Å². The molecule has 0 saturated carbocycles. The second-order valence-electron chi connectivity index (χ2n) is 3.67. The lowest BCUT2D eigenvalue weighted by Crippen LogP contribution is -2.38. The molecule has 0 aliphatic heterocycles. The average Bonchev–Trinajstić information content (AvgIpc) is 2.12. The Balaban J connectivity index is 4.22. The third-order valence-corrected chi connectivity index (χ3v) is 3.98. The first kappa shape index (κ1) is 16.8. The molecule has 0 saturated heterocycles. The zero-order chi connectivity index (χ0) is 13.5. The molecule has 0 rings (SSSR count). The van der Waals surface area contributed by atoms with Crippen molar-refractivity contribution in [2.75, 3.05) is 45.9 Å². The number of rotatable bonds is 9. The van der Waals surface area contributed by atoms with Gasteiger partial charge in [0.1, 0.15) is 0 Å². The molecular formula is C8H20N2O5S2. The zero-order valence-electron chi connectivity index (χ0n) is 10.3. The van der Waals surface area contributed by atoms with Gasteiger partial charge in [-0.3, -0.25) is 0 Å². The van der Waals surface area contributed by atoms with Crippen LogP contribution in [0.15, 0.2) is 0 Å². The molecule has 0 radical (unpaired) electrons. The summed E-state index contributed by atoms with van der Waals surface area (Å²) in [6.45, 7) is 0.970. The number of nitrogens with zero attached hydrogens (tertiary/aromatic N) is 1. The number of methoxy groups -OCH3 is 1. The fraction of sp³-hybridized carbons (Fsp3) is 1.00. The van der Waals surface area contributed by atoms with Gasteiger partial charge < -0.3 is 4.74 Å². The van der Waals surface area contributed by atoms with E-state index in [1.807, 2.05) is 0 Å². The fourth-order valence-electron chi connectivity index (χ4n) is 1.18. The van der Waals surface area contributed by atoms with Crippen LogP contribution in [0.5, 0.6) is 0 Å². The van der Waals surface area contributed by atoms with Crippen molar-refractivity contribution in [2.24, 2.45) is 0 Å². The van der Waals surface area contributed by atoms with Crippen molar-refractivity contribution in [3.8, 4) is 0 Å². The molecule has 17 heavy (non-hydrogen) atoms. The van der Waals surface area contributed by atoms with Gasteiger partial charge in [-0.05, 0) is 6.42 Å². The minimum absolute atomic E-state index is 0.0683. The molecule has 104 valence electrons. The Morgan fingerprint density at radius 2 is 1.71 bits per heavy atom. The number of sulfonamides is 2. The van der Waals surface area contributed by atoms with Crippen LogP contribution < -0.4 is 4.72 Å². The molecule has 0 fully saturated rings. The molecule has 7 nitrogen and oxygen atoms in total. The zero-order valence-corrected chi connectivity index (χ0v) is 12.0. The largest absolute Gasteiger partial charge is 0.385 e. The molecular weight excluding hydrogens is 268 g/mol. The molecule has 0 aromatic rings. The predicted octanol–water partition coefficient (Wildman–Crippen LogP) is -1.17. The van der Waals surface area contributed by atoms with Crippen molar-refractivity contribution < 1.29 is 21.6 Å². The van der Waals surface area contributed by atoms with Gasteiger partial charge in [-0.1, -0.05) is 0 Å². The fourth-order valence-corrected chi connectivity index (χ4v) is 2.53. The second-order valence-corrected chi connectivity index (χ2v) is 7.49. The first-order chi connectivity index (χ1) is 7.67. The van der Waals surface area contributed by atoms with Gasteiger partial charge in [0.25, 0.3) is 0 Å². The summed E-state index contributed by atoms with van der Waals surface area (Å²) in [6, 6.07) is 0. The van der Waals surface area contributed by atoms with Crippen molar-refractivity contribution in [2.45, 2.75) is 6.42 Å². The Kier molecular flexibility index (Phi) is 7.17. The van der Waals surface area contributed by atoms with Crippen LogP contribution in [-0.2, 0) is 24.8 Å².